The van der Waals surface area contributed by atoms with Crippen molar-refractivity contribution in [2.45, 2.75) is 37.7 Å². The number of hydrogen-bond donors (Lipinski definition) is 2. The molecule has 0 radical (unpaired) electrons. The van der Waals surface area contributed by atoms with E-state index in [1.54, 1.807) is 22.5 Å². The van der Waals surface area contributed by atoms with E-state index in [-0.39, 0.29) is 5.69 Å². The van der Waals surface area contributed by atoms with Gasteiger partial charge in [0.05, 0.1) is 0 Å². The van der Waals surface area contributed by atoms with Crippen molar-refractivity contribution in [1.29, 1.82) is 0 Å². The molecule has 0 amide bonds. The first-order chi connectivity index (χ1) is 9.74. The largest absolute Gasteiger partial charge is 0.370 e. The van der Waals surface area contributed by atoms with Gasteiger partial charge in [-0.3, -0.25) is 4.57 Å². The number of nitrogens with one attached hydrogen (secondary N) is 2. The maximum absolute atomic E-state index is 11.6. The minimum absolute atomic E-state index is 0.141. The molecule has 7 heteroatoms. The monoisotopic (exact) mass is 293 g/mol. The van der Waals surface area contributed by atoms with E-state index < -0.39 is 0 Å². The Hall–Kier alpha value is -1.76. The second-order valence-corrected chi connectivity index (χ2v) is 5.27. The molecule has 0 bridgehead atoms. The van der Waals surface area contributed by atoms with Crippen LogP contribution in [-0.4, -0.2) is 26.3 Å². The van der Waals surface area contributed by atoms with Crippen molar-refractivity contribution in [1.82, 2.24) is 19.7 Å². The third kappa shape index (κ3) is 3.63. The zero-order valence-corrected chi connectivity index (χ0v) is 12.5. The van der Waals surface area contributed by atoms with Crippen molar-refractivity contribution in [3.05, 3.63) is 34.4 Å². The zero-order chi connectivity index (χ0) is 14.4. The molecule has 0 saturated heterocycles. The zero-order valence-electron chi connectivity index (χ0n) is 11.7. The van der Waals surface area contributed by atoms with Crippen molar-refractivity contribution in [2.24, 2.45) is 0 Å². The average molecular weight is 293 g/mol. The molecule has 2 heterocycles. The van der Waals surface area contributed by atoms with E-state index in [1.165, 1.54) is 0 Å². The summed E-state index contributed by atoms with van der Waals surface area (Å²) in [4.78, 5) is 15.8. The molecule has 2 rings (SSSR count). The van der Waals surface area contributed by atoms with Gasteiger partial charge in [-0.15, -0.1) is 5.10 Å². The van der Waals surface area contributed by atoms with Crippen LogP contribution in [-0.2, 0) is 12.3 Å². The number of pyridine rings is 1. The number of anilines is 1. The lowest BCUT2D eigenvalue weighted by atomic mass is 10.3. The number of aromatic amines is 1. The highest BCUT2D eigenvalue weighted by Crippen LogP contribution is 2.20. The van der Waals surface area contributed by atoms with Crippen molar-refractivity contribution < 1.29 is 0 Å². The first-order valence-corrected chi connectivity index (χ1v) is 7.70. The van der Waals surface area contributed by atoms with Gasteiger partial charge in [0, 0.05) is 25.0 Å². The van der Waals surface area contributed by atoms with Gasteiger partial charge in [-0.05, 0) is 31.0 Å². The third-order valence-electron chi connectivity index (χ3n) is 2.72. The van der Waals surface area contributed by atoms with Gasteiger partial charge >= 0.3 is 5.69 Å². The van der Waals surface area contributed by atoms with Gasteiger partial charge in [0.1, 0.15) is 5.82 Å². The first-order valence-electron chi connectivity index (χ1n) is 6.71. The summed E-state index contributed by atoms with van der Waals surface area (Å²) >= 11 is 1.55. The third-order valence-corrected chi connectivity index (χ3v) is 3.77. The summed E-state index contributed by atoms with van der Waals surface area (Å²) < 4.78 is 1.68. The molecule has 0 atom stereocenters. The van der Waals surface area contributed by atoms with Crippen LogP contribution in [0.1, 0.15) is 25.8 Å². The Morgan fingerprint density at radius 2 is 2.30 bits per heavy atom. The summed E-state index contributed by atoms with van der Waals surface area (Å²) in [5.74, 6) is 1.63. The summed E-state index contributed by atoms with van der Waals surface area (Å²) in [5, 5.41) is 10.5. The van der Waals surface area contributed by atoms with Crippen molar-refractivity contribution in [3.8, 4) is 0 Å². The molecule has 2 aromatic heterocycles. The van der Waals surface area contributed by atoms with Crippen LogP contribution in [0, 0.1) is 0 Å². The van der Waals surface area contributed by atoms with Crippen LogP contribution in [0.2, 0.25) is 0 Å². The van der Waals surface area contributed by atoms with Gasteiger partial charge in [-0.25, -0.2) is 14.9 Å². The smallest absolute Gasteiger partial charge is 0.343 e. The van der Waals surface area contributed by atoms with Crippen LogP contribution in [0.15, 0.2) is 28.3 Å². The number of thioether (sulfide) groups is 1. The summed E-state index contributed by atoms with van der Waals surface area (Å²) in [5.41, 5.74) is 1.01. The number of rotatable bonds is 7. The molecular weight excluding hydrogens is 274 g/mol. The normalized spacial score (nSPS) is 10.7. The van der Waals surface area contributed by atoms with Gasteiger partial charge in [-0.2, -0.15) is 0 Å². The Morgan fingerprint density at radius 3 is 3.05 bits per heavy atom. The van der Waals surface area contributed by atoms with E-state index in [0.29, 0.717) is 6.54 Å². The quantitative estimate of drug-likeness (QED) is 0.765. The molecule has 0 aliphatic rings. The van der Waals surface area contributed by atoms with E-state index in [9.17, 15) is 4.79 Å². The Morgan fingerprint density at radius 1 is 1.45 bits per heavy atom. The maximum atomic E-state index is 11.6. The molecule has 0 unspecified atom stereocenters. The lowest BCUT2D eigenvalue weighted by Gasteiger charge is -2.06. The second-order valence-electron chi connectivity index (χ2n) is 4.33. The molecule has 0 saturated carbocycles. The van der Waals surface area contributed by atoms with E-state index in [0.717, 1.165) is 35.3 Å². The van der Waals surface area contributed by atoms with Crippen LogP contribution >= 0.6 is 11.8 Å². The number of nitrogens with zero attached hydrogens (tertiary/aromatic N) is 3. The van der Waals surface area contributed by atoms with Gasteiger partial charge < -0.3 is 5.32 Å². The van der Waals surface area contributed by atoms with Gasteiger partial charge in [0.15, 0.2) is 5.16 Å². The highest BCUT2D eigenvalue weighted by atomic mass is 32.2. The fourth-order valence-corrected chi connectivity index (χ4v) is 2.74. The molecule has 0 aliphatic heterocycles. The highest BCUT2D eigenvalue weighted by Gasteiger charge is 2.08. The summed E-state index contributed by atoms with van der Waals surface area (Å²) in [6.07, 6.45) is 2.70. The van der Waals surface area contributed by atoms with Crippen LogP contribution in [0.3, 0.4) is 0 Å². The Kier molecular flexibility index (Phi) is 5.23. The fraction of sp³-hybridized carbons (Fsp3) is 0.462. The molecular formula is C13H19N5OS. The topological polar surface area (TPSA) is 75.6 Å². The van der Waals surface area contributed by atoms with Crippen LogP contribution in [0.25, 0.3) is 0 Å². The van der Waals surface area contributed by atoms with Gasteiger partial charge in [0.25, 0.3) is 0 Å². The van der Waals surface area contributed by atoms with Crippen molar-refractivity contribution in [2.75, 3.05) is 11.9 Å². The van der Waals surface area contributed by atoms with Gasteiger partial charge in [-0.1, -0.05) is 18.7 Å². The van der Waals surface area contributed by atoms with Gasteiger partial charge in [0.2, 0.25) is 0 Å². The van der Waals surface area contributed by atoms with E-state index in [4.69, 9.17) is 0 Å². The maximum Gasteiger partial charge on any atom is 0.343 e. The molecule has 0 fully saturated rings. The second kappa shape index (κ2) is 7.14. The lowest BCUT2D eigenvalue weighted by Crippen LogP contribution is -2.17. The minimum Gasteiger partial charge on any atom is -0.370 e. The summed E-state index contributed by atoms with van der Waals surface area (Å²) in [7, 11) is 0. The van der Waals surface area contributed by atoms with E-state index in [1.807, 2.05) is 26.0 Å². The van der Waals surface area contributed by atoms with Crippen LogP contribution in [0.5, 0.6) is 0 Å². The first kappa shape index (κ1) is 14.6. The number of H-pyrrole nitrogens is 1. The molecule has 6 nitrogen and oxygen atoms in total. The summed E-state index contributed by atoms with van der Waals surface area (Å²) in [6.45, 7) is 5.62. The molecule has 2 aromatic rings. The Labute approximate surface area is 122 Å². The standard InChI is InChI=1S/C13H19N5OS/c1-3-7-18-12(19)16-17-13(18)20-9-10-5-6-15-11(8-10)14-4-2/h5-6,8H,3-4,7,9H2,1-2H3,(H,14,15)(H,16,19). The van der Waals surface area contributed by atoms with E-state index in [2.05, 4.69) is 20.5 Å². The van der Waals surface area contributed by atoms with Crippen molar-refractivity contribution in [3.63, 3.8) is 0 Å². The fourth-order valence-electron chi connectivity index (χ4n) is 1.82. The molecule has 20 heavy (non-hydrogen) atoms. The highest BCUT2D eigenvalue weighted by molar-refractivity contribution is 7.98. The summed E-state index contributed by atoms with van der Waals surface area (Å²) in [6, 6.07) is 3.99. The molecule has 0 aliphatic carbocycles. The van der Waals surface area contributed by atoms with Crippen molar-refractivity contribution >= 4 is 17.6 Å². The Bertz CT molecular complexity index is 607. The van der Waals surface area contributed by atoms with E-state index >= 15 is 0 Å². The molecule has 0 aromatic carbocycles. The number of aromatic nitrogens is 4. The Balaban J connectivity index is 2.05. The lowest BCUT2D eigenvalue weighted by molar-refractivity contribution is 0.604. The predicted octanol–water partition coefficient (Wildman–Crippen LogP) is 2.10. The van der Waals surface area contributed by atoms with Crippen LogP contribution in [0.4, 0.5) is 5.82 Å². The molecule has 108 valence electrons. The SMILES string of the molecule is CCCn1c(SCc2ccnc(NCC)c2)n[nH]c1=O. The molecule has 2 N–H and O–H groups in total. The number of hydrogen-bond acceptors (Lipinski definition) is 5. The predicted molar refractivity (Wildman–Crippen MR) is 81.1 cm³/mol. The molecule has 0 spiro atoms. The average Bonchev–Trinajstić information content (AvgIpc) is 2.79. The van der Waals surface area contributed by atoms with Crippen LogP contribution < -0.4 is 11.0 Å². The minimum atomic E-state index is -0.141.